The van der Waals surface area contributed by atoms with Gasteiger partial charge in [0.25, 0.3) is 0 Å². The first-order chi connectivity index (χ1) is 14.7. The summed E-state index contributed by atoms with van der Waals surface area (Å²) in [5.74, 6) is -0.492. The Balaban J connectivity index is 1.52. The van der Waals surface area contributed by atoms with Gasteiger partial charge in [0.05, 0.1) is 17.8 Å². The van der Waals surface area contributed by atoms with Crippen LogP contribution in [0.5, 0.6) is 0 Å². The van der Waals surface area contributed by atoms with Crippen LogP contribution in [0.1, 0.15) is 45.1 Å². The highest BCUT2D eigenvalue weighted by Crippen LogP contribution is 2.36. The number of benzene rings is 2. The number of nitrogens with one attached hydrogen (secondary N) is 1. The van der Waals surface area contributed by atoms with E-state index in [9.17, 15) is 4.79 Å². The summed E-state index contributed by atoms with van der Waals surface area (Å²) < 4.78 is 17.3. The van der Waals surface area contributed by atoms with E-state index in [0.717, 1.165) is 22.2 Å². The van der Waals surface area contributed by atoms with E-state index in [1.165, 1.54) is 0 Å². The van der Waals surface area contributed by atoms with Gasteiger partial charge in [-0.25, -0.2) is 4.79 Å². The van der Waals surface area contributed by atoms with Crippen LogP contribution in [0.3, 0.4) is 0 Å². The van der Waals surface area contributed by atoms with Gasteiger partial charge in [0.2, 0.25) is 0 Å². The molecular weight excluding hydrogens is 393 g/mol. The first-order valence-corrected chi connectivity index (χ1v) is 10.4. The number of hydrogen-bond acceptors (Lipinski definition) is 6. The average Bonchev–Trinajstić information content (AvgIpc) is 3.31. The fourth-order valence-corrected chi connectivity index (χ4v) is 3.41. The molecule has 2 aromatic carbocycles. The van der Waals surface area contributed by atoms with Gasteiger partial charge in [0.1, 0.15) is 5.69 Å². The third-order valence-corrected chi connectivity index (χ3v) is 5.94. The SMILES string of the molecule is CCOC(=O)c1n[nH]nc1-c1ccc(-c2ccc(B3OC(C)(C)C(C)(C)O3)cc2)cc1. The highest BCUT2D eigenvalue weighted by atomic mass is 16.7. The molecule has 2 heterocycles. The molecule has 160 valence electrons. The van der Waals surface area contributed by atoms with Crippen molar-refractivity contribution in [3.8, 4) is 22.4 Å². The molecular formula is C23H26BN3O4. The molecule has 0 spiro atoms. The Labute approximate surface area is 182 Å². The number of nitrogens with zero attached hydrogens (tertiary/aromatic N) is 2. The van der Waals surface area contributed by atoms with Crippen LogP contribution in [0.15, 0.2) is 48.5 Å². The Bertz CT molecular complexity index is 1060. The minimum atomic E-state index is -0.492. The highest BCUT2D eigenvalue weighted by molar-refractivity contribution is 6.62. The van der Waals surface area contributed by atoms with Crippen LogP contribution in [-0.2, 0) is 14.0 Å². The molecule has 1 aliphatic rings. The van der Waals surface area contributed by atoms with Crippen molar-refractivity contribution in [1.29, 1.82) is 0 Å². The molecule has 0 amide bonds. The molecule has 0 unspecified atom stereocenters. The summed E-state index contributed by atoms with van der Waals surface area (Å²) in [4.78, 5) is 12.0. The van der Waals surface area contributed by atoms with Gasteiger partial charge in [0, 0.05) is 5.56 Å². The first kappa shape index (κ1) is 21.3. The number of aromatic nitrogens is 3. The fourth-order valence-electron chi connectivity index (χ4n) is 3.41. The third kappa shape index (κ3) is 4.01. The second kappa shape index (κ2) is 7.94. The summed E-state index contributed by atoms with van der Waals surface area (Å²) in [7, 11) is -0.380. The summed E-state index contributed by atoms with van der Waals surface area (Å²) in [6.07, 6.45) is 0. The molecule has 7 nitrogen and oxygen atoms in total. The maximum absolute atomic E-state index is 12.0. The van der Waals surface area contributed by atoms with Gasteiger partial charge in [0.15, 0.2) is 5.69 Å². The van der Waals surface area contributed by atoms with Crippen LogP contribution < -0.4 is 5.46 Å². The minimum absolute atomic E-state index is 0.182. The molecule has 4 rings (SSSR count). The number of H-pyrrole nitrogens is 1. The molecule has 1 saturated heterocycles. The molecule has 1 fully saturated rings. The zero-order valence-corrected chi connectivity index (χ0v) is 18.4. The van der Waals surface area contributed by atoms with Crippen LogP contribution in [0.25, 0.3) is 22.4 Å². The van der Waals surface area contributed by atoms with Crippen LogP contribution >= 0.6 is 0 Å². The second-order valence-corrected chi connectivity index (χ2v) is 8.53. The van der Waals surface area contributed by atoms with Crippen molar-refractivity contribution in [3.05, 3.63) is 54.2 Å². The van der Waals surface area contributed by atoms with E-state index >= 15 is 0 Å². The van der Waals surface area contributed by atoms with E-state index in [-0.39, 0.29) is 30.6 Å². The largest absolute Gasteiger partial charge is 0.494 e. The van der Waals surface area contributed by atoms with Crippen LogP contribution in [0.2, 0.25) is 0 Å². The van der Waals surface area contributed by atoms with E-state index in [1.54, 1.807) is 6.92 Å². The fraction of sp³-hybridized carbons (Fsp3) is 0.348. The number of esters is 1. The number of ether oxygens (including phenoxy) is 1. The van der Waals surface area contributed by atoms with Gasteiger partial charge in [-0.15, -0.1) is 5.10 Å². The van der Waals surface area contributed by atoms with Crippen molar-refractivity contribution in [1.82, 2.24) is 15.4 Å². The predicted molar refractivity (Wildman–Crippen MR) is 119 cm³/mol. The van der Waals surface area contributed by atoms with E-state index in [0.29, 0.717) is 5.69 Å². The van der Waals surface area contributed by atoms with Gasteiger partial charge in [-0.1, -0.05) is 48.5 Å². The molecule has 8 heteroatoms. The van der Waals surface area contributed by atoms with Crippen molar-refractivity contribution in [2.24, 2.45) is 0 Å². The topological polar surface area (TPSA) is 86.3 Å². The van der Waals surface area contributed by atoms with Crippen molar-refractivity contribution in [2.75, 3.05) is 6.61 Å². The Morgan fingerprint density at radius 1 is 0.903 bits per heavy atom. The Morgan fingerprint density at radius 2 is 1.42 bits per heavy atom. The van der Waals surface area contributed by atoms with Gasteiger partial charge in [-0.3, -0.25) is 0 Å². The molecule has 0 bridgehead atoms. The van der Waals surface area contributed by atoms with Gasteiger partial charge in [-0.2, -0.15) is 10.3 Å². The minimum Gasteiger partial charge on any atom is -0.461 e. The van der Waals surface area contributed by atoms with E-state index in [2.05, 4.69) is 27.5 Å². The van der Waals surface area contributed by atoms with Crippen LogP contribution in [0.4, 0.5) is 0 Å². The van der Waals surface area contributed by atoms with Crippen molar-refractivity contribution >= 4 is 18.6 Å². The zero-order chi connectivity index (χ0) is 22.2. The summed E-state index contributed by atoms with van der Waals surface area (Å²) in [6.45, 7) is 10.2. The lowest BCUT2D eigenvalue weighted by Crippen LogP contribution is -2.41. The molecule has 1 N–H and O–H groups in total. The number of carbonyl (C=O) groups excluding carboxylic acids is 1. The maximum Gasteiger partial charge on any atom is 0.494 e. The predicted octanol–water partition coefficient (Wildman–Crippen LogP) is 3.61. The second-order valence-electron chi connectivity index (χ2n) is 8.53. The normalized spacial score (nSPS) is 17.0. The lowest BCUT2D eigenvalue weighted by molar-refractivity contribution is 0.00578. The molecule has 3 aromatic rings. The standard InChI is InChI=1S/C23H26BN3O4/c1-6-29-21(28)20-19(25-27-26-20)17-9-7-15(8-10-17)16-11-13-18(14-12-16)24-30-22(2,3)23(4,5)31-24/h7-14H,6H2,1-5H3,(H,25,26,27). The van der Waals surface area contributed by atoms with Crippen molar-refractivity contribution in [2.45, 2.75) is 45.8 Å². The Morgan fingerprint density at radius 3 is 1.97 bits per heavy atom. The maximum atomic E-state index is 12.0. The van der Waals surface area contributed by atoms with Crippen molar-refractivity contribution < 1.29 is 18.8 Å². The first-order valence-electron chi connectivity index (χ1n) is 10.4. The third-order valence-electron chi connectivity index (χ3n) is 5.94. The molecule has 31 heavy (non-hydrogen) atoms. The number of rotatable bonds is 5. The lowest BCUT2D eigenvalue weighted by Gasteiger charge is -2.32. The molecule has 0 aliphatic carbocycles. The Hall–Kier alpha value is -2.97. The van der Waals surface area contributed by atoms with Crippen LogP contribution in [-0.4, -0.2) is 46.3 Å². The van der Waals surface area contributed by atoms with Gasteiger partial charge >= 0.3 is 13.1 Å². The van der Waals surface area contributed by atoms with Crippen molar-refractivity contribution in [3.63, 3.8) is 0 Å². The molecule has 1 aromatic heterocycles. The average molecular weight is 419 g/mol. The number of hydrogen-bond donors (Lipinski definition) is 1. The molecule has 0 radical (unpaired) electrons. The monoisotopic (exact) mass is 419 g/mol. The van der Waals surface area contributed by atoms with Gasteiger partial charge in [-0.05, 0) is 51.2 Å². The zero-order valence-electron chi connectivity index (χ0n) is 18.4. The van der Waals surface area contributed by atoms with Gasteiger partial charge < -0.3 is 14.0 Å². The van der Waals surface area contributed by atoms with E-state index in [4.69, 9.17) is 14.0 Å². The number of aromatic amines is 1. The molecule has 0 atom stereocenters. The quantitative estimate of drug-likeness (QED) is 0.502. The summed E-state index contributed by atoms with van der Waals surface area (Å²) >= 11 is 0. The van der Waals surface area contributed by atoms with E-state index < -0.39 is 5.97 Å². The lowest BCUT2D eigenvalue weighted by atomic mass is 9.78. The summed E-state index contributed by atoms with van der Waals surface area (Å²) in [5, 5.41) is 10.5. The van der Waals surface area contributed by atoms with E-state index in [1.807, 2.05) is 64.1 Å². The van der Waals surface area contributed by atoms with Crippen LogP contribution in [0, 0.1) is 0 Å². The summed E-state index contributed by atoms with van der Waals surface area (Å²) in [5.41, 5.74) is 3.81. The molecule has 1 aliphatic heterocycles. The highest BCUT2D eigenvalue weighted by Gasteiger charge is 2.51. The molecule has 0 saturated carbocycles. The summed E-state index contributed by atoms with van der Waals surface area (Å²) in [6, 6.07) is 16.0. The number of carbonyl (C=O) groups is 1. The smallest absolute Gasteiger partial charge is 0.461 e. The Kier molecular flexibility index (Phi) is 5.45.